The minimum Gasteiger partial charge on any atom is -0.497 e. The van der Waals surface area contributed by atoms with Crippen molar-refractivity contribution >= 4 is 22.8 Å². The lowest BCUT2D eigenvalue weighted by atomic mass is 10.1. The largest absolute Gasteiger partial charge is 0.497 e. The van der Waals surface area contributed by atoms with Crippen molar-refractivity contribution in [3.8, 4) is 17.2 Å². The molecule has 3 N–H and O–H groups in total. The normalized spacial score (nSPS) is 15.6. The number of piperidine rings is 1. The van der Waals surface area contributed by atoms with Gasteiger partial charge in [0.2, 0.25) is 0 Å². The average molecular weight is 474 g/mol. The molecule has 1 aliphatic rings. The number of methoxy groups -OCH3 is 1. The molecule has 0 amide bonds. The molecule has 0 radical (unpaired) electrons. The number of hydrogen-bond acceptors (Lipinski definition) is 7. The highest BCUT2D eigenvalue weighted by Crippen LogP contribution is 2.35. The van der Waals surface area contributed by atoms with Crippen LogP contribution in [-0.2, 0) is 6.54 Å². The third-order valence-electron chi connectivity index (χ3n) is 6.05. The second-order valence-corrected chi connectivity index (χ2v) is 8.48. The van der Waals surface area contributed by atoms with E-state index in [0.29, 0.717) is 29.5 Å². The Morgan fingerprint density at radius 3 is 2.60 bits per heavy atom. The SMILES string of the molecule is COc1ccc(Cn2nc(N[C@@H]3CCCNC3)c3c(Oc4ccc(C(=O)O)cc4)ccnc32)cc1. The molecule has 0 aliphatic carbocycles. The number of anilines is 1. The first-order valence-corrected chi connectivity index (χ1v) is 11.6. The molecule has 0 unspecified atom stereocenters. The molecular formula is C26H27N5O4. The van der Waals surface area contributed by atoms with Gasteiger partial charge in [-0.3, -0.25) is 0 Å². The van der Waals surface area contributed by atoms with E-state index in [4.69, 9.17) is 14.6 Å². The molecule has 0 saturated carbocycles. The Balaban J connectivity index is 1.51. The molecule has 4 aromatic rings. The van der Waals surface area contributed by atoms with Crippen LogP contribution < -0.4 is 20.1 Å². The minimum absolute atomic E-state index is 0.205. The first-order chi connectivity index (χ1) is 17.1. The zero-order valence-corrected chi connectivity index (χ0v) is 19.4. The van der Waals surface area contributed by atoms with Gasteiger partial charge in [0, 0.05) is 24.8 Å². The molecule has 5 rings (SSSR count). The lowest BCUT2D eigenvalue weighted by Crippen LogP contribution is -2.38. The summed E-state index contributed by atoms with van der Waals surface area (Å²) in [6, 6.07) is 16.3. The Bertz CT molecular complexity index is 1310. The van der Waals surface area contributed by atoms with Gasteiger partial charge < -0.3 is 25.2 Å². The number of nitrogens with zero attached hydrogens (tertiary/aromatic N) is 3. The maximum atomic E-state index is 11.2. The molecule has 35 heavy (non-hydrogen) atoms. The van der Waals surface area contributed by atoms with Gasteiger partial charge in [-0.2, -0.15) is 5.10 Å². The van der Waals surface area contributed by atoms with Gasteiger partial charge in [-0.05, 0) is 61.3 Å². The summed E-state index contributed by atoms with van der Waals surface area (Å²) >= 11 is 0. The Morgan fingerprint density at radius 1 is 1.14 bits per heavy atom. The Morgan fingerprint density at radius 2 is 1.91 bits per heavy atom. The minimum atomic E-state index is -0.977. The molecule has 1 fully saturated rings. The summed E-state index contributed by atoms with van der Waals surface area (Å²) in [4.78, 5) is 15.8. The van der Waals surface area contributed by atoms with Crippen molar-refractivity contribution in [3.63, 3.8) is 0 Å². The first kappa shape index (κ1) is 22.7. The van der Waals surface area contributed by atoms with Crippen LogP contribution in [0, 0.1) is 0 Å². The van der Waals surface area contributed by atoms with E-state index in [9.17, 15) is 9.90 Å². The van der Waals surface area contributed by atoms with Crippen LogP contribution in [0.2, 0.25) is 0 Å². The van der Waals surface area contributed by atoms with Crippen molar-refractivity contribution in [1.29, 1.82) is 0 Å². The third-order valence-corrected chi connectivity index (χ3v) is 6.05. The predicted octanol–water partition coefficient (Wildman–Crippen LogP) is 4.14. The molecule has 0 bridgehead atoms. The third kappa shape index (κ3) is 5.04. The standard InChI is InChI=1S/C26H27N5O4/c1-34-20-8-4-17(5-9-20)16-31-25-23(24(30-31)29-19-3-2-13-27-15-19)22(12-14-28-25)35-21-10-6-18(7-11-21)26(32)33/h4-12,14,19,27H,2-3,13,15-16H2,1H3,(H,29,30)(H,32,33)/t19-/m1/s1. The zero-order chi connectivity index (χ0) is 24.2. The van der Waals surface area contributed by atoms with Gasteiger partial charge in [0.1, 0.15) is 22.6 Å². The number of carboxylic acids is 1. The van der Waals surface area contributed by atoms with E-state index in [-0.39, 0.29) is 11.6 Å². The first-order valence-electron chi connectivity index (χ1n) is 11.6. The summed E-state index contributed by atoms with van der Waals surface area (Å²) in [5, 5.41) is 21.9. The van der Waals surface area contributed by atoms with Gasteiger partial charge in [-0.1, -0.05) is 12.1 Å². The van der Waals surface area contributed by atoms with Crippen LogP contribution in [0.4, 0.5) is 5.82 Å². The van der Waals surface area contributed by atoms with Gasteiger partial charge in [-0.15, -0.1) is 0 Å². The molecule has 2 aromatic carbocycles. The fourth-order valence-corrected chi connectivity index (χ4v) is 4.23. The highest BCUT2D eigenvalue weighted by atomic mass is 16.5. The van der Waals surface area contributed by atoms with Gasteiger partial charge in [0.15, 0.2) is 11.5 Å². The summed E-state index contributed by atoms with van der Waals surface area (Å²) in [6.07, 6.45) is 3.84. The highest BCUT2D eigenvalue weighted by molar-refractivity contribution is 5.93. The Hall–Kier alpha value is -4.11. The summed E-state index contributed by atoms with van der Waals surface area (Å²) in [5.74, 6) is 1.68. The maximum absolute atomic E-state index is 11.2. The van der Waals surface area contributed by atoms with Crippen molar-refractivity contribution < 1.29 is 19.4 Å². The summed E-state index contributed by atoms with van der Waals surface area (Å²) in [7, 11) is 1.65. The number of hydrogen-bond donors (Lipinski definition) is 3. The Labute approximate surface area is 202 Å². The van der Waals surface area contributed by atoms with E-state index in [0.717, 1.165) is 42.6 Å². The molecule has 180 valence electrons. The summed E-state index contributed by atoms with van der Waals surface area (Å²) in [6.45, 7) is 2.42. The number of fused-ring (bicyclic) bond motifs is 1. The number of rotatable bonds is 8. The van der Waals surface area contributed by atoms with Crippen molar-refractivity contribution in [3.05, 3.63) is 71.9 Å². The second-order valence-electron chi connectivity index (χ2n) is 8.48. The van der Waals surface area contributed by atoms with E-state index in [1.165, 1.54) is 12.1 Å². The van der Waals surface area contributed by atoms with Crippen molar-refractivity contribution in [2.24, 2.45) is 0 Å². The topological polar surface area (TPSA) is 111 Å². The van der Waals surface area contributed by atoms with Crippen LogP contribution in [0.1, 0.15) is 28.8 Å². The fourth-order valence-electron chi connectivity index (χ4n) is 4.23. The van der Waals surface area contributed by atoms with E-state index >= 15 is 0 Å². The molecule has 0 spiro atoms. The molecule has 9 heteroatoms. The van der Waals surface area contributed by atoms with Crippen LogP contribution in [-0.4, -0.2) is 52.1 Å². The molecule has 2 aromatic heterocycles. The van der Waals surface area contributed by atoms with Crippen molar-refractivity contribution in [1.82, 2.24) is 20.1 Å². The van der Waals surface area contributed by atoms with Gasteiger partial charge in [0.05, 0.1) is 19.2 Å². The van der Waals surface area contributed by atoms with E-state index in [1.807, 2.05) is 28.9 Å². The van der Waals surface area contributed by atoms with Crippen molar-refractivity contribution in [2.75, 3.05) is 25.5 Å². The van der Waals surface area contributed by atoms with Crippen LogP contribution >= 0.6 is 0 Å². The van der Waals surface area contributed by atoms with Gasteiger partial charge in [0.25, 0.3) is 0 Å². The molecule has 9 nitrogen and oxygen atoms in total. The number of pyridine rings is 1. The second kappa shape index (κ2) is 10.0. The molecular weight excluding hydrogens is 446 g/mol. The van der Waals surface area contributed by atoms with Crippen LogP contribution in [0.25, 0.3) is 11.0 Å². The number of aromatic nitrogens is 3. The van der Waals surface area contributed by atoms with Crippen LogP contribution in [0.5, 0.6) is 17.2 Å². The van der Waals surface area contributed by atoms with Crippen LogP contribution in [0.3, 0.4) is 0 Å². The van der Waals surface area contributed by atoms with Crippen LogP contribution in [0.15, 0.2) is 60.8 Å². The molecule has 3 heterocycles. The highest BCUT2D eigenvalue weighted by Gasteiger charge is 2.21. The molecule has 1 saturated heterocycles. The van der Waals surface area contributed by atoms with Gasteiger partial charge >= 0.3 is 5.97 Å². The number of nitrogens with one attached hydrogen (secondary N) is 2. The number of ether oxygens (including phenoxy) is 2. The number of carbonyl (C=O) groups is 1. The van der Waals surface area contributed by atoms with Gasteiger partial charge in [-0.25, -0.2) is 14.5 Å². The quantitative estimate of drug-likeness (QED) is 0.350. The zero-order valence-electron chi connectivity index (χ0n) is 19.4. The number of benzene rings is 2. The van der Waals surface area contributed by atoms with E-state index in [1.54, 1.807) is 31.5 Å². The smallest absolute Gasteiger partial charge is 0.335 e. The van der Waals surface area contributed by atoms with E-state index in [2.05, 4.69) is 15.6 Å². The lowest BCUT2D eigenvalue weighted by Gasteiger charge is -2.23. The number of carboxylic acid groups (broad SMARTS) is 1. The summed E-state index contributed by atoms with van der Waals surface area (Å²) in [5.41, 5.74) is 1.97. The maximum Gasteiger partial charge on any atom is 0.335 e. The Kier molecular flexibility index (Phi) is 6.49. The molecule has 1 aliphatic heterocycles. The fraction of sp³-hybridized carbons (Fsp3) is 0.269. The molecule has 1 atom stereocenters. The predicted molar refractivity (Wildman–Crippen MR) is 133 cm³/mol. The van der Waals surface area contributed by atoms with Crippen molar-refractivity contribution in [2.45, 2.75) is 25.4 Å². The summed E-state index contributed by atoms with van der Waals surface area (Å²) < 4.78 is 13.3. The average Bonchev–Trinajstić information content (AvgIpc) is 3.23. The monoisotopic (exact) mass is 473 g/mol. The number of aromatic carboxylic acids is 1. The van der Waals surface area contributed by atoms with E-state index < -0.39 is 5.97 Å². The lowest BCUT2D eigenvalue weighted by molar-refractivity contribution is 0.0697.